The maximum absolute atomic E-state index is 14.1. The summed E-state index contributed by atoms with van der Waals surface area (Å²) in [5.74, 6) is -0.592. The van der Waals surface area contributed by atoms with Crippen LogP contribution in [0.2, 0.25) is 0 Å². The van der Waals surface area contributed by atoms with Gasteiger partial charge in [0.1, 0.15) is 5.82 Å². The van der Waals surface area contributed by atoms with Gasteiger partial charge in [0.25, 0.3) is 10.0 Å². The van der Waals surface area contributed by atoms with Crippen molar-refractivity contribution in [1.29, 1.82) is 0 Å². The zero-order valence-electron chi connectivity index (χ0n) is 20.4. The minimum Gasteiger partial charge on any atom is -0.320 e. The van der Waals surface area contributed by atoms with Crippen LogP contribution in [0.15, 0.2) is 59.5 Å². The Hall–Kier alpha value is -3.39. The fourth-order valence-electron chi connectivity index (χ4n) is 4.44. The van der Waals surface area contributed by atoms with Gasteiger partial charge in [-0.1, -0.05) is 41.5 Å². The third-order valence-corrected chi connectivity index (χ3v) is 7.47. The molecule has 3 aromatic carbocycles. The van der Waals surface area contributed by atoms with Crippen molar-refractivity contribution in [3.63, 3.8) is 0 Å². The van der Waals surface area contributed by atoms with E-state index < -0.39 is 15.8 Å². The molecule has 0 spiro atoms. The molecule has 1 saturated heterocycles. The lowest BCUT2D eigenvalue weighted by Gasteiger charge is -2.36. The highest BCUT2D eigenvalue weighted by Gasteiger charge is 2.29. The van der Waals surface area contributed by atoms with E-state index in [0.29, 0.717) is 30.9 Å². The molecule has 4 rings (SSSR count). The third kappa shape index (κ3) is 5.48. The molecule has 0 aliphatic carbocycles. The standard InChI is InChI=1S/C27H30FN3O3S/c1-18-6-9-26(25(15-18)29-35(33,34)23-8-7-21(4)24(28)16-23)31-11-5-10-30(27(31)32)17-22-13-19(2)12-20(3)14-22/h6-9,12-16,29H,5,10-11,17H2,1-4H3. The molecule has 1 N–H and O–H groups in total. The summed E-state index contributed by atoms with van der Waals surface area (Å²) in [4.78, 5) is 16.7. The molecular formula is C27H30FN3O3S. The normalized spacial score (nSPS) is 14.4. The first kappa shape index (κ1) is 24.7. The predicted octanol–water partition coefficient (Wildman–Crippen LogP) is 5.69. The number of carbonyl (C=O) groups excluding carboxylic acids is 1. The molecule has 35 heavy (non-hydrogen) atoms. The largest absolute Gasteiger partial charge is 0.324 e. The first-order valence-corrected chi connectivity index (χ1v) is 13.0. The van der Waals surface area contributed by atoms with Gasteiger partial charge in [0.05, 0.1) is 16.3 Å². The number of anilines is 2. The molecule has 0 atom stereocenters. The van der Waals surface area contributed by atoms with Crippen molar-refractivity contribution in [3.05, 3.63) is 88.2 Å². The highest BCUT2D eigenvalue weighted by atomic mass is 32.2. The molecule has 1 aliphatic rings. The van der Waals surface area contributed by atoms with Gasteiger partial charge in [-0.2, -0.15) is 0 Å². The molecule has 1 fully saturated rings. The second kappa shape index (κ2) is 9.70. The van der Waals surface area contributed by atoms with E-state index in [1.807, 2.05) is 26.8 Å². The molecule has 3 aromatic rings. The molecule has 0 saturated carbocycles. The summed E-state index contributed by atoms with van der Waals surface area (Å²) in [5, 5.41) is 0. The van der Waals surface area contributed by atoms with Gasteiger partial charge in [-0.25, -0.2) is 17.6 Å². The molecule has 0 aromatic heterocycles. The van der Waals surface area contributed by atoms with Crippen molar-refractivity contribution in [3.8, 4) is 0 Å². The first-order chi connectivity index (χ1) is 16.5. The Morgan fingerprint density at radius 2 is 1.60 bits per heavy atom. The number of sulfonamides is 1. The number of aryl methyl sites for hydroxylation is 4. The minimum atomic E-state index is -4.06. The number of hydrogen-bond donors (Lipinski definition) is 1. The van der Waals surface area contributed by atoms with Crippen LogP contribution in [-0.2, 0) is 16.6 Å². The summed E-state index contributed by atoms with van der Waals surface area (Å²) in [6, 6.07) is 15.2. The number of rotatable bonds is 6. The monoisotopic (exact) mass is 495 g/mol. The molecule has 1 heterocycles. The molecule has 0 bridgehead atoms. The lowest BCUT2D eigenvalue weighted by atomic mass is 10.1. The van der Waals surface area contributed by atoms with Gasteiger partial charge >= 0.3 is 6.03 Å². The van der Waals surface area contributed by atoms with Crippen LogP contribution in [-0.4, -0.2) is 32.4 Å². The van der Waals surface area contributed by atoms with Crippen LogP contribution in [0.5, 0.6) is 0 Å². The maximum atomic E-state index is 14.1. The number of urea groups is 1. The topological polar surface area (TPSA) is 69.7 Å². The summed E-state index contributed by atoms with van der Waals surface area (Å²) in [6.45, 7) is 9.06. The van der Waals surface area contributed by atoms with Crippen molar-refractivity contribution in [2.75, 3.05) is 22.7 Å². The number of halogens is 1. The van der Waals surface area contributed by atoms with E-state index in [1.54, 1.807) is 28.9 Å². The minimum absolute atomic E-state index is 0.172. The average molecular weight is 496 g/mol. The lowest BCUT2D eigenvalue weighted by molar-refractivity contribution is 0.192. The van der Waals surface area contributed by atoms with Crippen LogP contribution >= 0.6 is 0 Å². The van der Waals surface area contributed by atoms with Gasteiger partial charge in [-0.15, -0.1) is 0 Å². The van der Waals surface area contributed by atoms with E-state index in [-0.39, 0.29) is 16.6 Å². The van der Waals surface area contributed by atoms with Crippen molar-refractivity contribution in [1.82, 2.24) is 4.90 Å². The number of nitrogens with zero attached hydrogens (tertiary/aromatic N) is 2. The summed E-state index contributed by atoms with van der Waals surface area (Å²) >= 11 is 0. The molecule has 184 valence electrons. The summed E-state index contributed by atoms with van der Waals surface area (Å²) in [7, 11) is -4.06. The number of benzene rings is 3. The number of carbonyl (C=O) groups is 1. The van der Waals surface area contributed by atoms with Gasteiger partial charge in [0.15, 0.2) is 0 Å². The van der Waals surface area contributed by atoms with Crippen molar-refractivity contribution < 1.29 is 17.6 Å². The number of hydrogen-bond acceptors (Lipinski definition) is 3. The average Bonchev–Trinajstić information content (AvgIpc) is 2.76. The van der Waals surface area contributed by atoms with Gasteiger partial charge < -0.3 is 4.90 Å². The fraction of sp³-hybridized carbons (Fsp3) is 0.296. The van der Waals surface area contributed by atoms with Crippen LogP contribution < -0.4 is 9.62 Å². The Kier molecular flexibility index (Phi) is 6.85. The fourth-order valence-corrected chi connectivity index (χ4v) is 5.52. The van der Waals surface area contributed by atoms with Crippen LogP contribution in [0.25, 0.3) is 0 Å². The molecule has 6 nitrogen and oxygen atoms in total. The zero-order chi connectivity index (χ0) is 25.3. The second-order valence-electron chi connectivity index (χ2n) is 9.24. The smallest absolute Gasteiger partial charge is 0.320 e. The van der Waals surface area contributed by atoms with E-state index in [1.165, 1.54) is 12.1 Å². The molecule has 8 heteroatoms. The quantitative estimate of drug-likeness (QED) is 0.477. The van der Waals surface area contributed by atoms with Crippen LogP contribution in [0.4, 0.5) is 20.6 Å². The Morgan fingerprint density at radius 1 is 0.886 bits per heavy atom. The van der Waals surface area contributed by atoms with Gasteiger partial charge in [-0.05, 0) is 75.1 Å². The van der Waals surface area contributed by atoms with E-state index in [4.69, 9.17) is 0 Å². The Labute approximate surface area is 206 Å². The van der Waals surface area contributed by atoms with Crippen molar-refractivity contribution in [2.45, 2.75) is 45.6 Å². The summed E-state index contributed by atoms with van der Waals surface area (Å²) in [5.41, 5.74) is 5.30. The highest BCUT2D eigenvalue weighted by molar-refractivity contribution is 7.92. The maximum Gasteiger partial charge on any atom is 0.324 e. The predicted molar refractivity (Wildman–Crippen MR) is 137 cm³/mol. The van der Waals surface area contributed by atoms with E-state index in [9.17, 15) is 17.6 Å². The van der Waals surface area contributed by atoms with Crippen molar-refractivity contribution >= 4 is 27.4 Å². The van der Waals surface area contributed by atoms with Crippen molar-refractivity contribution in [2.24, 2.45) is 0 Å². The number of nitrogens with one attached hydrogen (secondary N) is 1. The third-order valence-electron chi connectivity index (χ3n) is 6.11. The molecule has 0 radical (unpaired) electrons. The molecular weight excluding hydrogens is 465 g/mol. The zero-order valence-corrected chi connectivity index (χ0v) is 21.2. The SMILES string of the molecule is Cc1cc(C)cc(CN2CCCN(c3ccc(C)cc3NS(=O)(=O)c3ccc(C)c(F)c3)C2=O)c1. The first-order valence-electron chi connectivity index (χ1n) is 11.6. The Balaban J connectivity index is 1.63. The van der Waals surface area contributed by atoms with Crippen LogP contribution in [0.3, 0.4) is 0 Å². The van der Waals surface area contributed by atoms with Crippen LogP contribution in [0.1, 0.15) is 34.2 Å². The number of amides is 2. The van der Waals surface area contributed by atoms with E-state index >= 15 is 0 Å². The highest BCUT2D eigenvalue weighted by Crippen LogP contribution is 2.32. The molecule has 0 unspecified atom stereocenters. The Bertz CT molecular complexity index is 1370. The molecule has 1 aliphatic heterocycles. The van der Waals surface area contributed by atoms with Gasteiger partial charge in [0, 0.05) is 19.6 Å². The Morgan fingerprint density at radius 3 is 2.29 bits per heavy atom. The van der Waals surface area contributed by atoms with E-state index in [2.05, 4.69) is 22.9 Å². The summed E-state index contributed by atoms with van der Waals surface area (Å²) < 4.78 is 42.8. The van der Waals surface area contributed by atoms with Gasteiger partial charge in [-0.3, -0.25) is 9.62 Å². The van der Waals surface area contributed by atoms with E-state index in [0.717, 1.165) is 34.7 Å². The summed E-state index contributed by atoms with van der Waals surface area (Å²) in [6.07, 6.45) is 0.750. The molecule has 2 amide bonds. The van der Waals surface area contributed by atoms with Crippen LogP contribution in [0, 0.1) is 33.5 Å². The lowest BCUT2D eigenvalue weighted by Crippen LogP contribution is -2.49. The second-order valence-corrected chi connectivity index (χ2v) is 10.9. The van der Waals surface area contributed by atoms with Gasteiger partial charge in [0.2, 0.25) is 0 Å².